The summed E-state index contributed by atoms with van der Waals surface area (Å²) in [5.74, 6) is -0.827. The number of halogens is 2. The highest BCUT2D eigenvalue weighted by Crippen LogP contribution is 2.10. The van der Waals surface area contributed by atoms with E-state index in [0.717, 1.165) is 0 Å². The van der Waals surface area contributed by atoms with Gasteiger partial charge in [-0.3, -0.25) is 14.4 Å². The number of hydrogen-bond acceptors (Lipinski definition) is 3. The van der Waals surface area contributed by atoms with Crippen LogP contribution in [0, 0.1) is 0 Å². The first kappa shape index (κ1) is 17.6. The second-order valence-electron chi connectivity index (χ2n) is 5.06. The van der Waals surface area contributed by atoms with Gasteiger partial charge in [0.15, 0.2) is 4.84 Å². The van der Waals surface area contributed by atoms with Crippen molar-refractivity contribution in [2.75, 3.05) is 32.7 Å². The predicted molar refractivity (Wildman–Crippen MR) is 87.4 cm³/mol. The molecule has 23 heavy (non-hydrogen) atoms. The highest BCUT2D eigenvalue weighted by molar-refractivity contribution is 6.53. The standard InChI is InChI=1S/C15H17Cl2N3O3/c16-13(17)15(23)20-8-6-19(7-9-20)12(21)10-18-14(22)11-4-2-1-3-5-11/h1-5,13H,6-10H2,(H,18,22). The molecule has 3 amide bonds. The van der Waals surface area contributed by atoms with Gasteiger partial charge >= 0.3 is 0 Å². The third-order valence-corrected chi connectivity index (χ3v) is 3.94. The van der Waals surface area contributed by atoms with Crippen LogP contribution >= 0.6 is 23.2 Å². The first-order chi connectivity index (χ1) is 11.0. The molecule has 0 unspecified atom stereocenters. The van der Waals surface area contributed by atoms with Gasteiger partial charge in [-0.25, -0.2) is 0 Å². The van der Waals surface area contributed by atoms with Crippen molar-refractivity contribution in [1.82, 2.24) is 15.1 Å². The molecule has 0 radical (unpaired) electrons. The fourth-order valence-electron chi connectivity index (χ4n) is 2.27. The van der Waals surface area contributed by atoms with Crippen LogP contribution in [0.25, 0.3) is 0 Å². The Hall–Kier alpha value is -1.79. The van der Waals surface area contributed by atoms with Crippen LogP contribution in [0.3, 0.4) is 0 Å². The summed E-state index contributed by atoms with van der Waals surface area (Å²) in [6.07, 6.45) is 0. The zero-order valence-corrected chi connectivity index (χ0v) is 13.9. The van der Waals surface area contributed by atoms with E-state index in [0.29, 0.717) is 31.7 Å². The molecule has 0 saturated carbocycles. The summed E-state index contributed by atoms with van der Waals surface area (Å²) < 4.78 is 0. The van der Waals surface area contributed by atoms with Gasteiger partial charge in [-0.05, 0) is 12.1 Å². The number of rotatable bonds is 4. The smallest absolute Gasteiger partial charge is 0.255 e. The molecule has 0 aromatic heterocycles. The van der Waals surface area contributed by atoms with E-state index in [1.54, 1.807) is 29.2 Å². The van der Waals surface area contributed by atoms with Crippen LogP contribution < -0.4 is 5.32 Å². The van der Waals surface area contributed by atoms with Gasteiger partial charge in [-0.15, -0.1) is 0 Å². The van der Waals surface area contributed by atoms with Crippen molar-refractivity contribution in [2.45, 2.75) is 4.84 Å². The minimum Gasteiger partial charge on any atom is -0.343 e. The molecule has 1 aliphatic rings. The Morgan fingerprint density at radius 3 is 2.13 bits per heavy atom. The highest BCUT2D eigenvalue weighted by Gasteiger charge is 2.26. The largest absolute Gasteiger partial charge is 0.343 e. The molecule has 8 heteroatoms. The Morgan fingerprint density at radius 2 is 1.57 bits per heavy atom. The maximum atomic E-state index is 12.1. The first-order valence-corrected chi connectivity index (χ1v) is 8.04. The molecule has 1 N–H and O–H groups in total. The second kappa shape index (κ2) is 8.17. The molecule has 1 heterocycles. The fraction of sp³-hybridized carbons (Fsp3) is 0.400. The molecular formula is C15H17Cl2N3O3. The van der Waals surface area contributed by atoms with Crippen LogP contribution in [0.4, 0.5) is 0 Å². The van der Waals surface area contributed by atoms with Gasteiger partial charge < -0.3 is 15.1 Å². The molecule has 1 fully saturated rings. The third kappa shape index (κ3) is 4.84. The maximum absolute atomic E-state index is 12.1. The number of alkyl halides is 2. The molecule has 1 aromatic carbocycles. The van der Waals surface area contributed by atoms with E-state index in [1.807, 2.05) is 6.07 Å². The molecule has 0 bridgehead atoms. The van der Waals surface area contributed by atoms with Gasteiger partial charge in [0.2, 0.25) is 5.91 Å². The average molecular weight is 358 g/mol. The van der Waals surface area contributed by atoms with Crippen LogP contribution in [0.1, 0.15) is 10.4 Å². The number of hydrogen-bond donors (Lipinski definition) is 1. The zero-order chi connectivity index (χ0) is 16.8. The van der Waals surface area contributed by atoms with E-state index in [-0.39, 0.29) is 24.3 Å². The summed E-state index contributed by atoms with van der Waals surface area (Å²) in [6, 6.07) is 8.69. The number of carbonyl (C=O) groups is 3. The Labute approximate surface area is 144 Å². The third-order valence-electron chi connectivity index (χ3n) is 3.57. The number of amides is 3. The lowest BCUT2D eigenvalue weighted by molar-refractivity contribution is -0.137. The van der Waals surface area contributed by atoms with E-state index < -0.39 is 4.84 Å². The molecule has 2 rings (SSSR count). The molecular weight excluding hydrogens is 341 g/mol. The summed E-state index contributed by atoms with van der Waals surface area (Å²) in [5.41, 5.74) is 0.506. The topological polar surface area (TPSA) is 69.7 Å². The number of nitrogens with zero attached hydrogens (tertiary/aromatic N) is 2. The SMILES string of the molecule is O=C(NCC(=O)N1CCN(C(=O)C(Cl)Cl)CC1)c1ccccc1. The zero-order valence-electron chi connectivity index (χ0n) is 12.4. The van der Waals surface area contributed by atoms with Crippen molar-refractivity contribution in [3.05, 3.63) is 35.9 Å². The van der Waals surface area contributed by atoms with Gasteiger partial charge in [-0.2, -0.15) is 0 Å². The van der Waals surface area contributed by atoms with Crippen molar-refractivity contribution < 1.29 is 14.4 Å². The highest BCUT2D eigenvalue weighted by atomic mass is 35.5. The van der Waals surface area contributed by atoms with E-state index in [9.17, 15) is 14.4 Å². The fourth-order valence-corrected chi connectivity index (χ4v) is 2.55. The van der Waals surface area contributed by atoms with Crippen LogP contribution in [-0.4, -0.2) is 65.1 Å². The summed E-state index contributed by atoms with van der Waals surface area (Å²) >= 11 is 11.1. The Kier molecular flexibility index (Phi) is 6.24. The van der Waals surface area contributed by atoms with Gasteiger partial charge in [0.05, 0.1) is 6.54 Å². The number of benzene rings is 1. The van der Waals surface area contributed by atoms with Crippen molar-refractivity contribution in [1.29, 1.82) is 0 Å². The Morgan fingerprint density at radius 1 is 1.00 bits per heavy atom. The average Bonchev–Trinajstić information content (AvgIpc) is 2.59. The molecule has 124 valence electrons. The summed E-state index contributed by atoms with van der Waals surface area (Å²) in [5, 5.41) is 2.60. The number of carbonyl (C=O) groups excluding carboxylic acids is 3. The normalized spacial score (nSPS) is 14.7. The lowest BCUT2D eigenvalue weighted by Gasteiger charge is -2.35. The lowest BCUT2D eigenvalue weighted by Crippen LogP contribution is -2.53. The molecule has 0 aliphatic carbocycles. The molecule has 1 aromatic rings. The Balaban J connectivity index is 1.77. The minimum absolute atomic E-state index is 0.0741. The number of piperazine rings is 1. The van der Waals surface area contributed by atoms with Crippen molar-refractivity contribution in [2.24, 2.45) is 0 Å². The van der Waals surface area contributed by atoms with E-state index in [2.05, 4.69) is 5.32 Å². The number of nitrogens with one attached hydrogen (secondary N) is 1. The monoisotopic (exact) mass is 357 g/mol. The summed E-state index contributed by atoms with van der Waals surface area (Å²) in [4.78, 5) is 37.7. The quantitative estimate of drug-likeness (QED) is 0.813. The van der Waals surface area contributed by atoms with E-state index >= 15 is 0 Å². The molecule has 0 spiro atoms. The molecule has 6 nitrogen and oxygen atoms in total. The van der Waals surface area contributed by atoms with E-state index in [4.69, 9.17) is 23.2 Å². The second-order valence-corrected chi connectivity index (χ2v) is 6.15. The van der Waals surface area contributed by atoms with Crippen molar-refractivity contribution in [3.8, 4) is 0 Å². The van der Waals surface area contributed by atoms with Gasteiger partial charge in [0, 0.05) is 31.7 Å². The first-order valence-electron chi connectivity index (χ1n) is 7.17. The van der Waals surface area contributed by atoms with Crippen molar-refractivity contribution >= 4 is 40.9 Å². The van der Waals surface area contributed by atoms with Gasteiger partial charge in [0.1, 0.15) is 0 Å². The summed E-state index contributed by atoms with van der Waals surface area (Å²) in [7, 11) is 0. The molecule has 1 aliphatic heterocycles. The predicted octanol–water partition coefficient (Wildman–Crippen LogP) is 0.891. The molecule has 0 atom stereocenters. The maximum Gasteiger partial charge on any atom is 0.255 e. The molecule has 1 saturated heterocycles. The van der Waals surface area contributed by atoms with Gasteiger partial charge in [-0.1, -0.05) is 41.4 Å². The van der Waals surface area contributed by atoms with Crippen LogP contribution in [0.2, 0.25) is 0 Å². The van der Waals surface area contributed by atoms with E-state index in [1.165, 1.54) is 4.90 Å². The van der Waals surface area contributed by atoms with Crippen LogP contribution in [-0.2, 0) is 9.59 Å². The van der Waals surface area contributed by atoms with Crippen LogP contribution in [0.15, 0.2) is 30.3 Å². The van der Waals surface area contributed by atoms with Crippen molar-refractivity contribution in [3.63, 3.8) is 0 Å². The van der Waals surface area contributed by atoms with Crippen LogP contribution in [0.5, 0.6) is 0 Å². The Bertz CT molecular complexity index is 573. The summed E-state index contributed by atoms with van der Waals surface area (Å²) in [6.45, 7) is 1.48. The minimum atomic E-state index is -1.08. The van der Waals surface area contributed by atoms with Gasteiger partial charge in [0.25, 0.3) is 11.8 Å². The lowest BCUT2D eigenvalue weighted by atomic mass is 10.2.